The fraction of sp³-hybridized carbons (Fsp3) is 0.400. The maximum Gasteiger partial charge on any atom is 0.156 e. The van der Waals surface area contributed by atoms with Gasteiger partial charge in [0, 0.05) is 0 Å². The lowest BCUT2D eigenvalue weighted by Crippen LogP contribution is -2.27. The molecule has 2 atom stereocenters. The van der Waals surface area contributed by atoms with Gasteiger partial charge in [-0.1, -0.05) is 29.8 Å². The van der Waals surface area contributed by atoms with Crippen molar-refractivity contribution < 1.29 is 4.84 Å². The van der Waals surface area contributed by atoms with Gasteiger partial charge in [-0.15, -0.1) is 0 Å². The monoisotopic (exact) mass is 178 g/mol. The fourth-order valence-corrected chi connectivity index (χ4v) is 1.37. The Morgan fingerprint density at radius 3 is 2.46 bits per heavy atom. The molecule has 1 fully saturated rings. The predicted molar refractivity (Wildman–Crippen MR) is 50.7 cm³/mol. The zero-order valence-electron chi connectivity index (χ0n) is 7.87. The Hall–Kier alpha value is -0.900. The lowest BCUT2D eigenvalue weighted by molar-refractivity contribution is 0.0226. The molecule has 0 amide bonds. The van der Waals surface area contributed by atoms with Crippen LogP contribution in [-0.4, -0.2) is 6.17 Å². The molecule has 0 spiro atoms. The first kappa shape index (κ1) is 8.69. The normalized spacial score (nSPS) is 27.8. The van der Waals surface area contributed by atoms with Crippen LogP contribution in [0.1, 0.15) is 24.3 Å². The van der Waals surface area contributed by atoms with Crippen LogP contribution in [0, 0.1) is 6.92 Å². The summed E-state index contributed by atoms with van der Waals surface area (Å²) in [5.41, 5.74) is 5.29. The Morgan fingerprint density at radius 1 is 1.23 bits per heavy atom. The first-order chi connectivity index (χ1) is 6.25. The van der Waals surface area contributed by atoms with Gasteiger partial charge >= 0.3 is 0 Å². The van der Waals surface area contributed by atoms with Crippen molar-refractivity contribution in [2.24, 2.45) is 0 Å². The van der Waals surface area contributed by atoms with E-state index >= 15 is 0 Å². The Morgan fingerprint density at radius 2 is 1.92 bits per heavy atom. The molecular weight excluding hydrogens is 164 g/mol. The summed E-state index contributed by atoms with van der Waals surface area (Å²) in [6.45, 7) is 4.10. The third-order valence-corrected chi connectivity index (χ3v) is 2.14. The van der Waals surface area contributed by atoms with E-state index in [9.17, 15) is 0 Å². The minimum atomic E-state index is -0.0180. The summed E-state index contributed by atoms with van der Waals surface area (Å²) in [6, 6.07) is 8.33. The average Bonchev–Trinajstić information content (AvgIpc) is 2.53. The number of rotatable bonds is 1. The number of hydrogen-bond donors (Lipinski definition) is 2. The van der Waals surface area contributed by atoms with E-state index in [0.29, 0.717) is 0 Å². The highest BCUT2D eigenvalue weighted by atomic mass is 16.7. The van der Waals surface area contributed by atoms with Gasteiger partial charge in [0.05, 0.1) is 6.17 Å². The molecular formula is C10H14N2O. The molecule has 3 nitrogen and oxygen atoms in total. The topological polar surface area (TPSA) is 33.3 Å². The molecule has 0 saturated carbocycles. The molecule has 2 rings (SSSR count). The molecule has 1 saturated heterocycles. The van der Waals surface area contributed by atoms with Crippen LogP contribution in [0.15, 0.2) is 24.3 Å². The maximum absolute atomic E-state index is 5.33. The minimum absolute atomic E-state index is 0.0180. The Labute approximate surface area is 78.1 Å². The Balaban J connectivity index is 2.13. The van der Waals surface area contributed by atoms with Gasteiger partial charge in [-0.05, 0) is 19.4 Å². The van der Waals surface area contributed by atoms with E-state index in [1.807, 2.05) is 6.92 Å². The summed E-state index contributed by atoms with van der Waals surface area (Å²) < 4.78 is 0. The van der Waals surface area contributed by atoms with Gasteiger partial charge in [0.1, 0.15) is 0 Å². The Bertz CT molecular complexity index is 283. The Kier molecular flexibility index (Phi) is 2.31. The van der Waals surface area contributed by atoms with Gasteiger partial charge in [-0.2, -0.15) is 5.48 Å². The molecule has 1 aromatic rings. The minimum Gasteiger partial charge on any atom is -0.276 e. The summed E-state index contributed by atoms with van der Waals surface area (Å²) in [6.07, 6.45) is 0.196. The van der Waals surface area contributed by atoms with Gasteiger partial charge in [0.25, 0.3) is 0 Å². The van der Waals surface area contributed by atoms with Gasteiger partial charge in [0.15, 0.2) is 6.23 Å². The quantitative estimate of drug-likeness (QED) is 0.683. The van der Waals surface area contributed by atoms with Crippen LogP contribution in [0.5, 0.6) is 0 Å². The zero-order chi connectivity index (χ0) is 9.26. The number of nitrogens with one attached hydrogen (secondary N) is 2. The highest BCUT2D eigenvalue weighted by Gasteiger charge is 2.21. The lowest BCUT2D eigenvalue weighted by Gasteiger charge is -2.08. The first-order valence-electron chi connectivity index (χ1n) is 4.49. The molecule has 0 aliphatic carbocycles. The molecule has 2 N–H and O–H groups in total. The van der Waals surface area contributed by atoms with E-state index in [4.69, 9.17) is 4.84 Å². The number of benzene rings is 1. The molecule has 0 bridgehead atoms. The van der Waals surface area contributed by atoms with Crippen LogP contribution in [0.4, 0.5) is 0 Å². The van der Waals surface area contributed by atoms with Crippen molar-refractivity contribution in [1.29, 1.82) is 0 Å². The molecule has 1 aliphatic heterocycles. The third kappa shape index (κ3) is 1.88. The molecule has 3 heteroatoms. The zero-order valence-corrected chi connectivity index (χ0v) is 7.87. The number of aryl methyl sites for hydroxylation is 1. The van der Waals surface area contributed by atoms with Gasteiger partial charge in [0.2, 0.25) is 0 Å². The first-order valence-corrected chi connectivity index (χ1v) is 4.49. The van der Waals surface area contributed by atoms with Gasteiger partial charge in [-0.3, -0.25) is 10.2 Å². The summed E-state index contributed by atoms with van der Waals surface area (Å²) in [4.78, 5) is 5.33. The molecule has 0 aromatic heterocycles. The maximum atomic E-state index is 5.33. The second-order valence-corrected chi connectivity index (χ2v) is 3.41. The van der Waals surface area contributed by atoms with Gasteiger partial charge < -0.3 is 0 Å². The van der Waals surface area contributed by atoms with Crippen molar-refractivity contribution in [2.75, 3.05) is 0 Å². The predicted octanol–water partition coefficient (Wildman–Crippen LogP) is 1.46. The van der Waals surface area contributed by atoms with Crippen molar-refractivity contribution in [3.05, 3.63) is 35.4 Å². The molecule has 1 heterocycles. The fourth-order valence-electron chi connectivity index (χ4n) is 1.37. The third-order valence-electron chi connectivity index (χ3n) is 2.14. The standard InChI is InChI=1S/C10H14N2O/c1-7-3-5-9(6-4-7)10-11-8(2)12-13-10/h3-6,8,10-12H,1-2H3. The van der Waals surface area contributed by atoms with E-state index in [2.05, 4.69) is 42.0 Å². The van der Waals surface area contributed by atoms with Crippen LogP contribution in [0.3, 0.4) is 0 Å². The highest BCUT2D eigenvalue weighted by molar-refractivity contribution is 5.23. The van der Waals surface area contributed by atoms with Crippen molar-refractivity contribution >= 4 is 0 Å². The summed E-state index contributed by atoms with van der Waals surface area (Å²) >= 11 is 0. The summed E-state index contributed by atoms with van der Waals surface area (Å²) in [5.74, 6) is 0. The molecule has 0 radical (unpaired) electrons. The molecule has 2 unspecified atom stereocenters. The second kappa shape index (κ2) is 3.46. The highest BCUT2D eigenvalue weighted by Crippen LogP contribution is 2.17. The largest absolute Gasteiger partial charge is 0.276 e. The van der Waals surface area contributed by atoms with E-state index < -0.39 is 0 Å². The SMILES string of the molecule is Cc1ccc(C2NC(C)NO2)cc1. The molecule has 13 heavy (non-hydrogen) atoms. The van der Waals surface area contributed by atoms with Gasteiger partial charge in [-0.25, -0.2) is 0 Å². The van der Waals surface area contributed by atoms with Crippen LogP contribution >= 0.6 is 0 Å². The van der Waals surface area contributed by atoms with Crippen molar-refractivity contribution in [1.82, 2.24) is 10.8 Å². The van der Waals surface area contributed by atoms with Crippen molar-refractivity contribution in [2.45, 2.75) is 26.2 Å². The van der Waals surface area contributed by atoms with E-state index in [1.54, 1.807) is 0 Å². The smallest absolute Gasteiger partial charge is 0.156 e. The van der Waals surface area contributed by atoms with Crippen LogP contribution in [0.2, 0.25) is 0 Å². The average molecular weight is 178 g/mol. The van der Waals surface area contributed by atoms with Crippen molar-refractivity contribution in [3.63, 3.8) is 0 Å². The van der Waals surface area contributed by atoms with E-state index in [1.165, 1.54) is 5.56 Å². The number of hydroxylamine groups is 1. The molecule has 1 aromatic carbocycles. The summed E-state index contributed by atoms with van der Waals surface area (Å²) in [7, 11) is 0. The van der Waals surface area contributed by atoms with Crippen LogP contribution < -0.4 is 10.8 Å². The van der Waals surface area contributed by atoms with E-state index in [-0.39, 0.29) is 12.4 Å². The molecule has 1 aliphatic rings. The van der Waals surface area contributed by atoms with Crippen molar-refractivity contribution in [3.8, 4) is 0 Å². The molecule has 70 valence electrons. The number of hydrogen-bond acceptors (Lipinski definition) is 3. The van der Waals surface area contributed by atoms with Crippen LogP contribution in [-0.2, 0) is 4.84 Å². The lowest BCUT2D eigenvalue weighted by atomic mass is 10.1. The second-order valence-electron chi connectivity index (χ2n) is 3.41. The van der Waals surface area contributed by atoms with Crippen LogP contribution in [0.25, 0.3) is 0 Å². The van der Waals surface area contributed by atoms with E-state index in [0.717, 1.165) is 5.56 Å². The summed E-state index contributed by atoms with van der Waals surface area (Å²) in [5, 5.41) is 3.26.